The van der Waals surface area contributed by atoms with Gasteiger partial charge in [0.2, 0.25) is 0 Å². The summed E-state index contributed by atoms with van der Waals surface area (Å²) in [6, 6.07) is 3.30. The molecule has 1 atom stereocenters. The van der Waals surface area contributed by atoms with E-state index >= 15 is 0 Å². The highest BCUT2D eigenvalue weighted by Crippen LogP contribution is 2.35. The molecule has 0 aliphatic carbocycles. The fourth-order valence-electron chi connectivity index (χ4n) is 1.69. The van der Waals surface area contributed by atoms with Crippen molar-refractivity contribution in [1.82, 2.24) is 5.32 Å². The molecule has 0 saturated carbocycles. The van der Waals surface area contributed by atoms with Gasteiger partial charge in [-0.15, -0.1) is 0 Å². The number of rotatable bonds is 7. The first-order valence-corrected chi connectivity index (χ1v) is 7.13. The van der Waals surface area contributed by atoms with Crippen molar-refractivity contribution in [2.24, 2.45) is 5.92 Å². The van der Waals surface area contributed by atoms with Gasteiger partial charge in [-0.25, -0.2) is 0 Å². The lowest BCUT2D eigenvalue weighted by atomic mass is 10.1. The summed E-state index contributed by atoms with van der Waals surface area (Å²) in [5.41, 5.74) is 0.470. The molecule has 0 bridgehead atoms. The van der Waals surface area contributed by atoms with Crippen molar-refractivity contribution in [3.8, 4) is 11.5 Å². The zero-order chi connectivity index (χ0) is 15.1. The van der Waals surface area contributed by atoms with Gasteiger partial charge >= 0.3 is 0 Å². The number of aliphatic hydroxyl groups excluding tert-OH is 1. The van der Waals surface area contributed by atoms with Crippen molar-refractivity contribution in [2.45, 2.75) is 13.3 Å². The van der Waals surface area contributed by atoms with E-state index in [0.29, 0.717) is 34.5 Å². The lowest BCUT2D eigenvalue weighted by Crippen LogP contribution is -2.28. The molecule has 0 radical (unpaired) electrons. The zero-order valence-electron chi connectivity index (χ0n) is 11.9. The van der Waals surface area contributed by atoms with E-state index in [1.807, 2.05) is 6.92 Å². The Morgan fingerprint density at radius 1 is 1.35 bits per heavy atom. The largest absolute Gasteiger partial charge is 0.495 e. The zero-order valence-corrected chi connectivity index (χ0v) is 13.5. The molecule has 0 aliphatic rings. The Hall–Kier alpha value is -1.27. The highest BCUT2D eigenvalue weighted by atomic mass is 79.9. The molecule has 0 fully saturated rings. The van der Waals surface area contributed by atoms with Crippen molar-refractivity contribution in [1.29, 1.82) is 0 Å². The second-order valence-electron chi connectivity index (χ2n) is 4.52. The number of benzene rings is 1. The summed E-state index contributed by atoms with van der Waals surface area (Å²) in [4.78, 5) is 12.1. The molecule has 2 N–H and O–H groups in total. The van der Waals surface area contributed by atoms with Crippen molar-refractivity contribution in [2.75, 3.05) is 27.4 Å². The molecule has 1 aromatic carbocycles. The van der Waals surface area contributed by atoms with E-state index in [-0.39, 0.29) is 18.4 Å². The third-order valence-corrected chi connectivity index (χ3v) is 3.72. The SMILES string of the molecule is COc1cc(C(=O)NCC(C)CCO)cc(OC)c1Br. The van der Waals surface area contributed by atoms with Gasteiger partial charge in [0.05, 0.1) is 14.2 Å². The average molecular weight is 346 g/mol. The molecule has 0 aliphatic heterocycles. The maximum absolute atomic E-state index is 12.1. The summed E-state index contributed by atoms with van der Waals surface area (Å²) in [5, 5.41) is 11.7. The highest BCUT2D eigenvalue weighted by molar-refractivity contribution is 9.10. The first-order valence-electron chi connectivity index (χ1n) is 6.34. The summed E-state index contributed by atoms with van der Waals surface area (Å²) in [5.74, 6) is 1.11. The van der Waals surface area contributed by atoms with Crippen LogP contribution in [0.2, 0.25) is 0 Å². The smallest absolute Gasteiger partial charge is 0.251 e. The first kappa shape index (κ1) is 16.8. The van der Waals surface area contributed by atoms with Gasteiger partial charge in [-0.3, -0.25) is 4.79 Å². The fourth-order valence-corrected chi connectivity index (χ4v) is 2.24. The molecule has 6 heteroatoms. The Bertz CT molecular complexity index is 439. The van der Waals surface area contributed by atoms with Gasteiger partial charge in [-0.05, 0) is 40.4 Å². The minimum atomic E-state index is -0.195. The summed E-state index contributed by atoms with van der Waals surface area (Å²) in [7, 11) is 3.06. The average Bonchev–Trinajstić information content (AvgIpc) is 2.45. The third-order valence-electron chi connectivity index (χ3n) is 2.94. The van der Waals surface area contributed by atoms with Gasteiger partial charge < -0.3 is 19.9 Å². The molecule has 1 rings (SSSR count). The van der Waals surface area contributed by atoms with Crippen molar-refractivity contribution >= 4 is 21.8 Å². The Kier molecular flexibility index (Phi) is 6.81. The van der Waals surface area contributed by atoms with Crippen LogP contribution in [-0.2, 0) is 0 Å². The molecular formula is C14H20BrNO4. The molecule has 112 valence electrons. The number of aliphatic hydroxyl groups is 1. The van der Waals surface area contributed by atoms with E-state index in [4.69, 9.17) is 14.6 Å². The van der Waals surface area contributed by atoms with Crippen LogP contribution in [0.25, 0.3) is 0 Å². The standard InChI is InChI=1S/C14H20BrNO4/c1-9(4-5-17)8-16-14(18)10-6-11(19-2)13(15)12(7-10)20-3/h6-7,9,17H,4-5,8H2,1-3H3,(H,16,18). The van der Waals surface area contributed by atoms with E-state index in [1.54, 1.807) is 12.1 Å². The summed E-state index contributed by atoms with van der Waals surface area (Å²) < 4.78 is 11.1. The summed E-state index contributed by atoms with van der Waals surface area (Å²) >= 11 is 3.36. The fraction of sp³-hybridized carbons (Fsp3) is 0.500. The number of carbonyl (C=O) groups excluding carboxylic acids is 1. The number of amides is 1. The van der Waals surface area contributed by atoms with E-state index in [0.717, 1.165) is 0 Å². The van der Waals surface area contributed by atoms with Gasteiger partial charge in [0, 0.05) is 18.7 Å². The van der Waals surface area contributed by atoms with Gasteiger partial charge in [0.25, 0.3) is 5.91 Å². The molecular weight excluding hydrogens is 326 g/mol. The predicted octanol–water partition coefficient (Wildman–Crippen LogP) is 2.21. The monoisotopic (exact) mass is 345 g/mol. The second kappa shape index (κ2) is 8.11. The molecule has 0 saturated heterocycles. The Labute approximate surface area is 127 Å². The third kappa shape index (κ3) is 4.38. The molecule has 0 spiro atoms. The van der Waals surface area contributed by atoms with Crippen LogP contribution in [0, 0.1) is 5.92 Å². The van der Waals surface area contributed by atoms with Crippen LogP contribution in [0.15, 0.2) is 16.6 Å². The number of carbonyl (C=O) groups is 1. The number of nitrogens with one attached hydrogen (secondary N) is 1. The number of hydrogen-bond donors (Lipinski definition) is 2. The molecule has 1 aromatic rings. The van der Waals surface area contributed by atoms with E-state index in [1.165, 1.54) is 14.2 Å². The topological polar surface area (TPSA) is 67.8 Å². The summed E-state index contributed by atoms with van der Waals surface area (Å²) in [6.07, 6.45) is 0.660. The molecule has 1 amide bonds. The van der Waals surface area contributed by atoms with Crippen LogP contribution < -0.4 is 14.8 Å². The first-order chi connectivity index (χ1) is 9.53. The Morgan fingerprint density at radius 2 is 1.90 bits per heavy atom. The molecule has 1 unspecified atom stereocenters. The van der Waals surface area contributed by atoms with Gasteiger partial charge in [0.15, 0.2) is 0 Å². The highest BCUT2D eigenvalue weighted by Gasteiger charge is 2.15. The van der Waals surface area contributed by atoms with E-state index < -0.39 is 0 Å². The van der Waals surface area contributed by atoms with Gasteiger partial charge in [0.1, 0.15) is 16.0 Å². The van der Waals surface area contributed by atoms with E-state index in [2.05, 4.69) is 21.2 Å². The molecule has 5 nitrogen and oxygen atoms in total. The van der Waals surface area contributed by atoms with Crippen LogP contribution in [0.4, 0.5) is 0 Å². The normalized spacial score (nSPS) is 11.8. The van der Waals surface area contributed by atoms with Crippen LogP contribution in [0.5, 0.6) is 11.5 Å². The second-order valence-corrected chi connectivity index (χ2v) is 5.32. The number of ether oxygens (including phenoxy) is 2. The van der Waals surface area contributed by atoms with Crippen molar-refractivity contribution in [3.63, 3.8) is 0 Å². The van der Waals surface area contributed by atoms with Gasteiger partial charge in [-0.1, -0.05) is 6.92 Å². The molecule has 0 heterocycles. The Morgan fingerprint density at radius 3 is 2.35 bits per heavy atom. The van der Waals surface area contributed by atoms with Crippen LogP contribution in [0.1, 0.15) is 23.7 Å². The lowest BCUT2D eigenvalue weighted by Gasteiger charge is -2.13. The van der Waals surface area contributed by atoms with Crippen molar-refractivity contribution in [3.05, 3.63) is 22.2 Å². The molecule has 0 aromatic heterocycles. The van der Waals surface area contributed by atoms with Crippen LogP contribution in [0.3, 0.4) is 0 Å². The van der Waals surface area contributed by atoms with Crippen LogP contribution >= 0.6 is 15.9 Å². The van der Waals surface area contributed by atoms with E-state index in [9.17, 15) is 4.79 Å². The Balaban J connectivity index is 2.82. The quantitative estimate of drug-likeness (QED) is 0.794. The maximum atomic E-state index is 12.1. The maximum Gasteiger partial charge on any atom is 0.251 e. The van der Waals surface area contributed by atoms with Crippen molar-refractivity contribution < 1.29 is 19.4 Å². The summed E-state index contributed by atoms with van der Waals surface area (Å²) in [6.45, 7) is 2.61. The molecule has 20 heavy (non-hydrogen) atoms. The number of methoxy groups -OCH3 is 2. The lowest BCUT2D eigenvalue weighted by molar-refractivity contribution is 0.0944. The minimum Gasteiger partial charge on any atom is -0.495 e. The van der Waals surface area contributed by atoms with Crippen LogP contribution in [-0.4, -0.2) is 38.4 Å². The number of hydrogen-bond acceptors (Lipinski definition) is 4. The van der Waals surface area contributed by atoms with Gasteiger partial charge in [-0.2, -0.15) is 0 Å². The minimum absolute atomic E-state index is 0.122. The number of halogens is 1. The predicted molar refractivity (Wildman–Crippen MR) is 80.4 cm³/mol.